The van der Waals surface area contributed by atoms with Gasteiger partial charge in [-0.1, -0.05) is 13.3 Å². The predicted octanol–water partition coefficient (Wildman–Crippen LogP) is 2.66. The molecule has 0 saturated heterocycles. The van der Waals surface area contributed by atoms with E-state index in [1.165, 1.54) is 32.1 Å². The van der Waals surface area contributed by atoms with Crippen LogP contribution < -0.4 is 0 Å². The van der Waals surface area contributed by atoms with E-state index in [1.54, 1.807) is 0 Å². The van der Waals surface area contributed by atoms with E-state index in [0.29, 0.717) is 0 Å². The van der Waals surface area contributed by atoms with E-state index in [2.05, 4.69) is 18.1 Å². The van der Waals surface area contributed by atoms with Gasteiger partial charge >= 0.3 is 0 Å². The number of rotatable bonds is 4. The van der Waals surface area contributed by atoms with Crippen LogP contribution in [0.3, 0.4) is 0 Å². The van der Waals surface area contributed by atoms with Gasteiger partial charge in [0.05, 0.1) is 0 Å². The molecule has 1 heteroatoms. The predicted molar refractivity (Wildman–Crippen MR) is 48.0 cm³/mol. The monoisotopic (exact) mass is 151 g/mol. The van der Waals surface area contributed by atoms with Crippen molar-refractivity contribution in [3.63, 3.8) is 0 Å². The quantitative estimate of drug-likeness (QED) is 0.548. The van der Waals surface area contributed by atoms with Gasteiger partial charge in [-0.3, -0.25) is 4.99 Å². The minimum absolute atomic E-state index is 0.730. The van der Waals surface area contributed by atoms with Gasteiger partial charge in [-0.2, -0.15) is 0 Å². The third kappa shape index (κ3) is 2.05. The zero-order valence-electron chi connectivity index (χ0n) is 7.29. The van der Waals surface area contributed by atoms with Crippen LogP contribution in [0.2, 0.25) is 0 Å². The molecule has 0 spiro atoms. The topological polar surface area (TPSA) is 12.4 Å². The second-order valence-corrected chi connectivity index (χ2v) is 3.96. The highest BCUT2D eigenvalue weighted by Gasteiger charge is 2.34. The second-order valence-electron chi connectivity index (χ2n) is 3.96. The Morgan fingerprint density at radius 3 is 2.73 bits per heavy atom. The summed E-state index contributed by atoms with van der Waals surface area (Å²) in [4.78, 5) is 4.46. The first-order valence-electron chi connectivity index (χ1n) is 4.91. The standard InChI is InChI=1S/C10H17N/c1-2-8-7-9(8)5-6-11-10-3-4-10/h6,8-10H,2-5,7H2,1H3. The van der Waals surface area contributed by atoms with E-state index in [9.17, 15) is 0 Å². The van der Waals surface area contributed by atoms with Gasteiger partial charge in [0.15, 0.2) is 0 Å². The van der Waals surface area contributed by atoms with Gasteiger partial charge in [0.1, 0.15) is 0 Å². The van der Waals surface area contributed by atoms with Crippen molar-refractivity contribution in [3.05, 3.63) is 0 Å². The van der Waals surface area contributed by atoms with Crippen LogP contribution >= 0.6 is 0 Å². The fourth-order valence-corrected chi connectivity index (χ4v) is 1.67. The highest BCUT2D eigenvalue weighted by atomic mass is 14.8. The molecule has 0 heterocycles. The van der Waals surface area contributed by atoms with Gasteiger partial charge in [0.2, 0.25) is 0 Å². The van der Waals surface area contributed by atoms with Crippen molar-refractivity contribution < 1.29 is 0 Å². The van der Waals surface area contributed by atoms with E-state index in [1.807, 2.05) is 0 Å². The summed E-state index contributed by atoms with van der Waals surface area (Å²) in [6.07, 6.45) is 8.97. The maximum Gasteiger partial charge on any atom is 0.0497 e. The Morgan fingerprint density at radius 1 is 1.36 bits per heavy atom. The molecule has 2 saturated carbocycles. The van der Waals surface area contributed by atoms with Gasteiger partial charge in [-0.15, -0.1) is 0 Å². The third-order valence-corrected chi connectivity index (χ3v) is 2.86. The van der Waals surface area contributed by atoms with E-state index < -0.39 is 0 Å². The van der Waals surface area contributed by atoms with Crippen LogP contribution in [0.1, 0.15) is 39.0 Å². The summed E-state index contributed by atoms with van der Waals surface area (Å²) in [7, 11) is 0. The molecule has 0 amide bonds. The summed E-state index contributed by atoms with van der Waals surface area (Å²) >= 11 is 0. The Morgan fingerprint density at radius 2 is 2.18 bits per heavy atom. The molecule has 2 unspecified atom stereocenters. The van der Waals surface area contributed by atoms with E-state index in [0.717, 1.165) is 17.9 Å². The molecule has 0 radical (unpaired) electrons. The number of nitrogens with zero attached hydrogens (tertiary/aromatic N) is 1. The van der Waals surface area contributed by atoms with Crippen LogP contribution in [0, 0.1) is 11.8 Å². The average Bonchev–Trinajstić information content (AvgIpc) is 2.79. The maximum absolute atomic E-state index is 4.46. The van der Waals surface area contributed by atoms with Gasteiger partial charge in [0.25, 0.3) is 0 Å². The fraction of sp³-hybridized carbons (Fsp3) is 0.900. The van der Waals surface area contributed by atoms with Crippen LogP contribution in [-0.2, 0) is 0 Å². The Bertz CT molecular complexity index is 158. The number of aliphatic imine (C=N–C) groups is 1. The summed E-state index contributed by atoms with van der Waals surface area (Å²) in [5, 5.41) is 0. The molecule has 1 nitrogen and oxygen atoms in total. The molecule has 0 N–H and O–H groups in total. The van der Waals surface area contributed by atoms with Crippen LogP contribution in [0.5, 0.6) is 0 Å². The summed E-state index contributed by atoms with van der Waals surface area (Å²) in [5.41, 5.74) is 0. The van der Waals surface area contributed by atoms with Crippen molar-refractivity contribution in [1.29, 1.82) is 0 Å². The molecule has 0 bridgehead atoms. The number of hydrogen-bond donors (Lipinski definition) is 0. The first kappa shape index (κ1) is 7.33. The van der Waals surface area contributed by atoms with Crippen LogP contribution in [0.4, 0.5) is 0 Å². The molecule has 2 aliphatic rings. The molecule has 2 rings (SSSR count). The van der Waals surface area contributed by atoms with Crippen molar-refractivity contribution in [2.75, 3.05) is 0 Å². The molecule has 11 heavy (non-hydrogen) atoms. The summed E-state index contributed by atoms with van der Waals surface area (Å²) in [6, 6.07) is 0.730. The Balaban J connectivity index is 1.60. The lowest BCUT2D eigenvalue weighted by atomic mass is 10.2. The molecule has 0 aliphatic heterocycles. The molecule has 0 aromatic heterocycles. The lowest BCUT2D eigenvalue weighted by Gasteiger charge is -1.89. The van der Waals surface area contributed by atoms with E-state index in [4.69, 9.17) is 0 Å². The molecule has 2 atom stereocenters. The fourth-order valence-electron chi connectivity index (χ4n) is 1.67. The zero-order valence-corrected chi connectivity index (χ0v) is 7.29. The molecular weight excluding hydrogens is 134 g/mol. The van der Waals surface area contributed by atoms with E-state index in [-0.39, 0.29) is 0 Å². The highest BCUT2D eigenvalue weighted by Crippen LogP contribution is 2.42. The van der Waals surface area contributed by atoms with Crippen molar-refractivity contribution >= 4 is 6.21 Å². The first-order valence-corrected chi connectivity index (χ1v) is 4.91. The largest absolute Gasteiger partial charge is 0.294 e. The lowest BCUT2D eigenvalue weighted by molar-refractivity contribution is 0.702. The van der Waals surface area contributed by atoms with Crippen LogP contribution in [0.15, 0.2) is 4.99 Å². The molecule has 62 valence electrons. The van der Waals surface area contributed by atoms with Crippen molar-refractivity contribution in [2.24, 2.45) is 16.8 Å². The maximum atomic E-state index is 4.46. The van der Waals surface area contributed by atoms with E-state index >= 15 is 0 Å². The summed E-state index contributed by atoms with van der Waals surface area (Å²) in [5.74, 6) is 2.04. The van der Waals surface area contributed by atoms with Crippen molar-refractivity contribution in [2.45, 2.75) is 45.1 Å². The summed E-state index contributed by atoms with van der Waals surface area (Å²) in [6.45, 7) is 2.29. The molecule has 2 fully saturated rings. The molecule has 2 aliphatic carbocycles. The number of hydrogen-bond acceptors (Lipinski definition) is 1. The lowest BCUT2D eigenvalue weighted by Crippen LogP contribution is -1.84. The normalized spacial score (nSPS) is 36.5. The first-order chi connectivity index (χ1) is 5.40. The van der Waals surface area contributed by atoms with Crippen molar-refractivity contribution in [1.82, 2.24) is 0 Å². The summed E-state index contributed by atoms with van der Waals surface area (Å²) < 4.78 is 0. The van der Waals surface area contributed by atoms with Crippen LogP contribution in [0.25, 0.3) is 0 Å². The SMILES string of the molecule is CCC1CC1CC=NC1CC1. The van der Waals surface area contributed by atoms with Crippen LogP contribution in [-0.4, -0.2) is 12.3 Å². The van der Waals surface area contributed by atoms with Gasteiger partial charge in [0, 0.05) is 6.04 Å². The third-order valence-electron chi connectivity index (χ3n) is 2.86. The Kier molecular flexibility index (Phi) is 1.97. The average molecular weight is 151 g/mol. The minimum Gasteiger partial charge on any atom is -0.294 e. The van der Waals surface area contributed by atoms with Crippen molar-refractivity contribution in [3.8, 4) is 0 Å². The van der Waals surface area contributed by atoms with Gasteiger partial charge in [-0.05, 0) is 43.7 Å². The smallest absolute Gasteiger partial charge is 0.0497 e. The highest BCUT2D eigenvalue weighted by molar-refractivity contribution is 5.58. The molecule has 0 aromatic rings. The minimum atomic E-state index is 0.730. The molecule has 0 aromatic carbocycles. The Labute approximate surface area is 68.9 Å². The second kappa shape index (κ2) is 2.96. The Hall–Kier alpha value is -0.330. The molecular formula is C10H17N. The van der Waals surface area contributed by atoms with Gasteiger partial charge < -0.3 is 0 Å². The zero-order chi connectivity index (χ0) is 7.68. The van der Waals surface area contributed by atoms with Gasteiger partial charge in [-0.25, -0.2) is 0 Å².